The topological polar surface area (TPSA) is 58.5 Å². The van der Waals surface area contributed by atoms with E-state index in [1.807, 2.05) is 0 Å². The Morgan fingerprint density at radius 3 is 2.20 bits per heavy atom. The number of rotatable bonds is 4. The maximum Gasteiger partial charge on any atom is 0.175 e. The van der Waals surface area contributed by atoms with Gasteiger partial charge in [-0.2, -0.15) is 5.10 Å². The molecule has 0 aliphatic rings. The van der Waals surface area contributed by atoms with Gasteiger partial charge in [0.2, 0.25) is 0 Å². The number of sulfone groups is 1. The van der Waals surface area contributed by atoms with E-state index in [-0.39, 0.29) is 10.7 Å². The van der Waals surface area contributed by atoms with Crippen molar-refractivity contribution in [3.05, 3.63) is 59.9 Å². The lowest BCUT2D eigenvalue weighted by atomic mass is 10.2. The minimum atomic E-state index is -3.19. The van der Waals surface area contributed by atoms with E-state index in [0.717, 1.165) is 11.8 Å². The van der Waals surface area contributed by atoms with Crippen molar-refractivity contribution in [3.63, 3.8) is 0 Å². The fraction of sp³-hybridized carbons (Fsp3) is 0.0714. The van der Waals surface area contributed by atoms with Crippen molar-refractivity contribution in [1.29, 1.82) is 0 Å². The van der Waals surface area contributed by atoms with E-state index in [2.05, 4.69) is 10.5 Å². The van der Waals surface area contributed by atoms with Crippen LogP contribution in [0.3, 0.4) is 0 Å². The van der Waals surface area contributed by atoms with E-state index in [1.165, 1.54) is 24.3 Å². The van der Waals surface area contributed by atoms with Crippen molar-refractivity contribution in [2.75, 3.05) is 11.7 Å². The first-order valence-electron chi connectivity index (χ1n) is 5.80. The van der Waals surface area contributed by atoms with Crippen LogP contribution < -0.4 is 5.43 Å². The van der Waals surface area contributed by atoms with E-state index in [1.54, 1.807) is 30.5 Å². The molecule has 0 heterocycles. The summed E-state index contributed by atoms with van der Waals surface area (Å²) in [5, 5.41) is 3.99. The minimum Gasteiger partial charge on any atom is -0.279 e. The molecule has 0 saturated carbocycles. The van der Waals surface area contributed by atoms with Crippen molar-refractivity contribution >= 4 is 21.7 Å². The molecule has 0 atom stereocenters. The fourth-order valence-corrected chi connectivity index (χ4v) is 2.14. The quantitative estimate of drug-likeness (QED) is 0.696. The van der Waals surface area contributed by atoms with Crippen molar-refractivity contribution in [2.45, 2.75) is 4.90 Å². The SMILES string of the molecule is CS(=O)(=O)c1ccc(N/N=C/c2ccc(F)cc2)cc1. The third-order valence-electron chi connectivity index (χ3n) is 2.56. The highest BCUT2D eigenvalue weighted by Gasteiger charge is 2.05. The second-order valence-corrected chi connectivity index (χ2v) is 6.23. The molecule has 0 amide bonds. The van der Waals surface area contributed by atoms with E-state index in [9.17, 15) is 12.8 Å². The summed E-state index contributed by atoms with van der Waals surface area (Å²) < 4.78 is 35.3. The molecule has 0 saturated heterocycles. The highest BCUT2D eigenvalue weighted by atomic mass is 32.2. The zero-order chi connectivity index (χ0) is 14.6. The van der Waals surface area contributed by atoms with Crippen molar-refractivity contribution in [1.82, 2.24) is 0 Å². The summed E-state index contributed by atoms with van der Waals surface area (Å²) in [6, 6.07) is 12.2. The molecule has 0 aliphatic heterocycles. The minimum absolute atomic E-state index is 0.255. The second-order valence-electron chi connectivity index (χ2n) is 4.22. The summed E-state index contributed by atoms with van der Waals surface area (Å²) >= 11 is 0. The first kappa shape index (κ1) is 14.2. The second kappa shape index (κ2) is 5.83. The van der Waals surface area contributed by atoms with E-state index in [4.69, 9.17) is 0 Å². The Bertz CT molecular complexity index is 708. The highest BCUT2D eigenvalue weighted by Crippen LogP contribution is 2.13. The molecular weight excluding hydrogens is 279 g/mol. The van der Waals surface area contributed by atoms with Gasteiger partial charge in [0, 0.05) is 6.26 Å². The number of hydrazone groups is 1. The van der Waals surface area contributed by atoms with Crippen LogP contribution in [0.2, 0.25) is 0 Å². The van der Waals surface area contributed by atoms with Gasteiger partial charge >= 0.3 is 0 Å². The lowest BCUT2D eigenvalue weighted by Crippen LogP contribution is -1.97. The summed E-state index contributed by atoms with van der Waals surface area (Å²) in [5.41, 5.74) is 4.19. The van der Waals surface area contributed by atoms with Gasteiger partial charge in [-0.1, -0.05) is 12.1 Å². The van der Waals surface area contributed by atoms with Crippen LogP contribution in [0.15, 0.2) is 58.5 Å². The molecule has 104 valence electrons. The molecule has 0 bridgehead atoms. The van der Waals surface area contributed by atoms with Crippen LogP contribution in [0.4, 0.5) is 10.1 Å². The summed E-state index contributed by atoms with van der Waals surface area (Å²) in [5.74, 6) is -0.300. The number of nitrogens with zero attached hydrogens (tertiary/aromatic N) is 1. The van der Waals surface area contributed by atoms with Gasteiger partial charge in [0.1, 0.15) is 5.82 Å². The Morgan fingerprint density at radius 1 is 1.05 bits per heavy atom. The van der Waals surface area contributed by atoms with Gasteiger partial charge in [-0.15, -0.1) is 0 Å². The summed E-state index contributed by atoms with van der Waals surface area (Å²) in [7, 11) is -3.19. The first-order chi connectivity index (χ1) is 9.45. The number of halogens is 1. The largest absolute Gasteiger partial charge is 0.279 e. The molecule has 4 nitrogen and oxygen atoms in total. The Balaban J connectivity index is 2.02. The number of benzene rings is 2. The number of anilines is 1. The zero-order valence-corrected chi connectivity index (χ0v) is 11.6. The summed E-state index contributed by atoms with van der Waals surface area (Å²) in [6.45, 7) is 0. The first-order valence-corrected chi connectivity index (χ1v) is 7.69. The Labute approximate surface area is 116 Å². The molecule has 0 fully saturated rings. The molecule has 0 unspecified atom stereocenters. The molecule has 2 aromatic rings. The normalized spacial score (nSPS) is 11.7. The van der Waals surface area contributed by atoms with E-state index in [0.29, 0.717) is 5.69 Å². The van der Waals surface area contributed by atoms with Gasteiger partial charge in [-0.25, -0.2) is 12.8 Å². The standard InChI is InChI=1S/C14H13FN2O2S/c1-20(18,19)14-8-6-13(7-9-14)17-16-10-11-2-4-12(15)5-3-11/h2-10,17H,1H3/b16-10+. The van der Waals surface area contributed by atoms with Gasteiger partial charge in [0.25, 0.3) is 0 Å². The predicted octanol–water partition coefficient (Wildman–Crippen LogP) is 2.68. The van der Waals surface area contributed by atoms with Crippen LogP contribution in [-0.4, -0.2) is 20.9 Å². The molecule has 20 heavy (non-hydrogen) atoms. The lowest BCUT2D eigenvalue weighted by Gasteiger charge is -2.02. The molecule has 2 rings (SSSR count). The van der Waals surface area contributed by atoms with Crippen molar-refractivity contribution < 1.29 is 12.8 Å². The number of nitrogens with one attached hydrogen (secondary N) is 1. The molecule has 0 aliphatic carbocycles. The third kappa shape index (κ3) is 3.89. The molecule has 0 spiro atoms. The molecule has 6 heteroatoms. The fourth-order valence-electron chi connectivity index (χ4n) is 1.51. The van der Waals surface area contributed by atoms with E-state index < -0.39 is 9.84 Å². The van der Waals surface area contributed by atoms with E-state index >= 15 is 0 Å². The molecule has 1 N–H and O–H groups in total. The van der Waals surface area contributed by atoms with Gasteiger partial charge in [-0.05, 0) is 42.0 Å². The Hall–Kier alpha value is -2.21. The van der Waals surface area contributed by atoms with Crippen LogP contribution in [0, 0.1) is 5.82 Å². The van der Waals surface area contributed by atoms with Crippen LogP contribution in [-0.2, 0) is 9.84 Å². The predicted molar refractivity (Wildman–Crippen MR) is 77.2 cm³/mol. The van der Waals surface area contributed by atoms with Crippen LogP contribution in [0.25, 0.3) is 0 Å². The summed E-state index contributed by atoms with van der Waals surface area (Å²) in [4.78, 5) is 0.255. The van der Waals surface area contributed by atoms with Gasteiger partial charge in [0.05, 0.1) is 16.8 Å². The Morgan fingerprint density at radius 2 is 1.65 bits per heavy atom. The van der Waals surface area contributed by atoms with Gasteiger partial charge < -0.3 is 0 Å². The number of hydrogen-bond donors (Lipinski definition) is 1. The molecule has 0 radical (unpaired) electrons. The lowest BCUT2D eigenvalue weighted by molar-refractivity contribution is 0.602. The monoisotopic (exact) mass is 292 g/mol. The van der Waals surface area contributed by atoms with Crippen molar-refractivity contribution in [2.24, 2.45) is 5.10 Å². The van der Waals surface area contributed by atoms with Gasteiger partial charge in [0.15, 0.2) is 9.84 Å². The Kier molecular flexibility index (Phi) is 4.14. The molecule has 2 aromatic carbocycles. The van der Waals surface area contributed by atoms with Gasteiger partial charge in [-0.3, -0.25) is 5.43 Å². The smallest absolute Gasteiger partial charge is 0.175 e. The average molecular weight is 292 g/mol. The molecular formula is C14H13FN2O2S. The third-order valence-corrected chi connectivity index (χ3v) is 3.69. The molecule has 0 aromatic heterocycles. The van der Waals surface area contributed by atoms with Crippen LogP contribution in [0.5, 0.6) is 0 Å². The van der Waals surface area contributed by atoms with Crippen LogP contribution in [0.1, 0.15) is 5.56 Å². The summed E-state index contributed by atoms with van der Waals surface area (Å²) in [6.07, 6.45) is 2.70. The average Bonchev–Trinajstić information content (AvgIpc) is 2.41. The zero-order valence-electron chi connectivity index (χ0n) is 10.7. The highest BCUT2D eigenvalue weighted by molar-refractivity contribution is 7.90. The van der Waals surface area contributed by atoms with Crippen LogP contribution >= 0.6 is 0 Å². The number of hydrogen-bond acceptors (Lipinski definition) is 4. The maximum absolute atomic E-state index is 12.7. The van der Waals surface area contributed by atoms with Crippen molar-refractivity contribution in [3.8, 4) is 0 Å². The maximum atomic E-state index is 12.7.